The molecule has 0 fully saturated rings. The fourth-order valence-electron chi connectivity index (χ4n) is 3.99. The predicted molar refractivity (Wildman–Crippen MR) is 146 cm³/mol. The van der Waals surface area contributed by atoms with E-state index >= 15 is 0 Å². The molecule has 2 aromatic heterocycles. The molecular formula is C25H27Cl2N9O2. The summed E-state index contributed by atoms with van der Waals surface area (Å²) in [5, 5.41) is 17.8. The number of benzene rings is 2. The fourth-order valence-corrected chi connectivity index (χ4v) is 4.37. The molecule has 13 heteroatoms. The molecule has 198 valence electrons. The van der Waals surface area contributed by atoms with Gasteiger partial charge in [-0.2, -0.15) is 0 Å². The van der Waals surface area contributed by atoms with E-state index in [1.54, 1.807) is 18.2 Å². The molecule has 0 spiro atoms. The molecule has 0 saturated heterocycles. The number of aromatic nitrogens is 6. The molecule has 1 amide bonds. The number of likely N-dealkylation sites (N-methyl/N-ethyl adjacent to an activating group) is 1. The monoisotopic (exact) mass is 555 g/mol. The largest absolute Gasteiger partial charge is 0.361 e. The molecule has 2 N–H and O–H groups in total. The van der Waals surface area contributed by atoms with Gasteiger partial charge in [-0.1, -0.05) is 53.5 Å². The van der Waals surface area contributed by atoms with E-state index in [0.29, 0.717) is 29.2 Å². The van der Waals surface area contributed by atoms with Crippen LogP contribution in [0.2, 0.25) is 10.2 Å². The molecule has 1 unspecified atom stereocenters. The summed E-state index contributed by atoms with van der Waals surface area (Å²) < 4.78 is 2.65. The lowest BCUT2D eigenvalue weighted by molar-refractivity contribution is -0.121. The zero-order valence-electron chi connectivity index (χ0n) is 20.9. The van der Waals surface area contributed by atoms with E-state index in [1.165, 1.54) is 21.8 Å². The number of tetrazole rings is 1. The van der Waals surface area contributed by atoms with Crippen molar-refractivity contribution < 1.29 is 4.79 Å². The van der Waals surface area contributed by atoms with Crippen molar-refractivity contribution >= 4 is 34.9 Å². The molecule has 0 saturated carbocycles. The van der Waals surface area contributed by atoms with Gasteiger partial charge in [0.05, 0.1) is 11.9 Å². The van der Waals surface area contributed by atoms with Gasteiger partial charge in [0.15, 0.2) is 5.82 Å². The highest BCUT2D eigenvalue weighted by Crippen LogP contribution is 2.19. The number of rotatable bonds is 11. The topological polar surface area (TPSA) is 123 Å². The molecule has 0 radical (unpaired) electrons. The van der Waals surface area contributed by atoms with Crippen molar-refractivity contribution in [1.29, 1.82) is 0 Å². The Morgan fingerprint density at radius 1 is 1.13 bits per heavy atom. The Bertz CT molecular complexity index is 1430. The summed E-state index contributed by atoms with van der Waals surface area (Å²) in [6.07, 6.45) is 3.49. The lowest BCUT2D eigenvalue weighted by Crippen LogP contribution is -2.38. The molecule has 1 atom stereocenters. The van der Waals surface area contributed by atoms with Crippen LogP contribution in [0, 0.1) is 0 Å². The van der Waals surface area contributed by atoms with Crippen molar-refractivity contribution in [2.45, 2.75) is 25.6 Å². The van der Waals surface area contributed by atoms with Crippen LogP contribution in [0.15, 0.2) is 65.8 Å². The molecule has 0 aliphatic heterocycles. The summed E-state index contributed by atoms with van der Waals surface area (Å²) >= 11 is 12.4. The number of hydrogen-bond donors (Lipinski definition) is 2. The van der Waals surface area contributed by atoms with Gasteiger partial charge in [-0.25, -0.2) is 9.67 Å². The summed E-state index contributed by atoms with van der Waals surface area (Å²) in [5.74, 6) is -0.288. The quantitative estimate of drug-likeness (QED) is 0.289. The normalized spacial score (nSPS) is 11.9. The van der Waals surface area contributed by atoms with Crippen molar-refractivity contribution in [1.82, 2.24) is 40.0 Å². The SMILES string of the molecule is CN(C)CC(Cc1ccccc1)Nc1ncc(Cl)n(CC(=O)NCc2cc(Cl)ccc2-n2cnnn2)c1=O. The zero-order valence-corrected chi connectivity index (χ0v) is 22.4. The first-order valence-electron chi connectivity index (χ1n) is 11.8. The van der Waals surface area contributed by atoms with E-state index in [-0.39, 0.29) is 30.1 Å². The highest BCUT2D eigenvalue weighted by molar-refractivity contribution is 6.30. The van der Waals surface area contributed by atoms with E-state index in [0.717, 1.165) is 5.56 Å². The maximum atomic E-state index is 13.2. The van der Waals surface area contributed by atoms with Crippen LogP contribution in [0.3, 0.4) is 0 Å². The van der Waals surface area contributed by atoms with Crippen LogP contribution >= 0.6 is 23.2 Å². The van der Waals surface area contributed by atoms with Crippen LogP contribution in [-0.4, -0.2) is 67.2 Å². The Kier molecular flexibility index (Phi) is 9.06. The van der Waals surface area contributed by atoms with Gasteiger partial charge in [0.2, 0.25) is 5.91 Å². The van der Waals surface area contributed by atoms with E-state index in [4.69, 9.17) is 23.2 Å². The predicted octanol–water partition coefficient (Wildman–Crippen LogP) is 2.43. The second-order valence-corrected chi connectivity index (χ2v) is 9.74. The van der Waals surface area contributed by atoms with Gasteiger partial charge in [0, 0.05) is 24.2 Å². The Labute approximate surface area is 229 Å². The molecule has 4 rings (SSSR count). The van der Waals surface area contributed by atoms with Gasteiger partial charge in [0.25, 0.3) is 5.56 Å². The molecule has 38 heavy (non-hydrogen) atoms. The van der Waals surface area contributed by atoms with E-state index < -0.39 is 11.5 Å². The molecule has 2 heterocycles. The van der Waals surface area contributed by atoms with Crippen molar-refractivity contribution in [2.75, 3.05) is 26.0 Å². The molecule has 4 aromatic rings. The number of nitrogens with one attached hydrogen (secondary N) is 2. The molecule has 0 aliphatic rings. The van der Waals surface area contributed by atoms with Gasteiger partial charge in [-0.05, 0) is 60.3 Å². The van der Waals surface area contributed by atoms with Gasteiger partial charge >= 0.3 is 0 Å². The minimum absolute atomic E-state index is 0.0556. The maximum absolute atomic E-state index is 13.2. The average molecular weight is 556 g/mol. The number of amides is 1. The van der Waals surface area contributed by atoms with Crippen LogP contribution in [-0.2, 0) is 24.3 Å². The maximum Gasteiger partial charge on any atom is 0.294 e. The number of hydrogen-bond acceptors (Lipinski definition) is 8. The molecule has 11 nitrogen and oxygen atoms in total. The van der Waals surface area contributed by atoms with Gasteiger partial charge in [0.1, 0.15) is 18.0 Å². The molecule has 0 aliphatic carbocycles. The van der Waals surface area contributed by atoms with Crippen LogP contribution in [0.25, 0.3) is 5.69 Å². The van der Waals surface area contributed by atoms with Gasteiger partial charge in [-0.3, -0.25) is 14.2 Å². The van der Waals surface area contributed by atoms with Crippen LogP contribution < -0.4 is 16.2 Å². The Morgan fingerprint density at radius 3 is 2.63 bits per heavy atom. The summed E-state index contributed by atoms with van der Waals surface area (Å²) in [4.78, 5) is 32.3. The third-order valence-electron chi connectivity index (χ3n) is 5.67. The Hall–Kier alpha value is -3.80. The van der Waals surface area contributed by atoms with Gasteiger partial charge in [-0.15, -0.1) is 5.10 Å². The van der Waals surface area contributed by atoms with Crippen LogP contribution in [0.5, 0.6) is 0 Å². The first-order chi connectivity index (χ1) is 18.3. The minimum Gasteiger partial charge on any atom is -0.361 e. The number of anilines is 1. The number of carbonyl (C=O) groups excluding carboxylic acids is 1. The van der Waals surface area contributed by atoms with Crippen molar-refractivity contribution in [3.05, 3.63) is 92.7 Å². The highest BCUT2D eigenvalue weighted by atomic mass is 35.5. The van der Waals surface area contributed by atoms with Crippen molar-refractivity contribution in [2.24, 2.45) is 0 Å². The summed E-state index contributed by atoms with van der Waals surface area (Å²) in [5.41, 5.74) is 2.00. The van der Waals surface area contributed by atoms with E-state index in [1.807, 2.05) is 49.3 Å². The van der Waals surface area contributed by atoms with E-state index in [2.05, 4.69) is 31.1 Å². The first-order valence-corrected chi connectivity index (χ1v) is 12.5. The third kappa shape index (κ3) is 7.15. The second kappa shape index (κ2) is 12.6. The summed E-state index contributed by atoms with van der Waals surface area (Å²) in [7, 11) is 3.92. The van der Waals surface area contributed by atoms with Gasteiger partial charge < -0.3 is 15.5 Å². The van der Waals surface area contributed by atoms with Crippen LogP contribution in [0.4, 0.5) is 5.82 Å². The molecular weight excluding hydrogens is 529 g/mol. The summed E-state index contributed by atoms with van der Waals surface area (Å²) in [6, 6.07) is 15.1. The van der Waals surface area contributed by atoms with Crippen molar-refractivity contribution in [3.63, 3.8) is 0 Å². The molecule has 0 bridgehead atoms. The highest BCUT2D eigenvalue weighted by Gasteiger charge is 2.18. The minimum atomic E-state index is -0.485. The summed E-state index contributed by atoms with van der Waals surface area (Å²) in [6.45, 7) is 0.522. The standard InChI is InChI=1S/C25H27Cl2N9O2/c1-34(2)14-20(10-17-6-4-3-5-7-17)31-24-25(38)35(22(27)13-29-24)15-23(37)28-12-18-11-19(26)8-9-21(18)36-16-30-32-33-36/h3-9,11,13,16,20H,10,12,14-15H2,1-2H3,(H,28,37)(H,29,31). The smallest absolute Gasteiger partial charge is 0.294 e. The van der Waals surface area contributed by atoms with Crippen LogP contribution in [0.1, 0.15) is 11.1 Å². The Balaban J connectivity index is 1.47. The first kappa shape index (κ1) is 27.2. The number of halogens is 2. The average Bonchev–Trinajstić information content (AvgIpc) is 3.42. The fraction of sp³-hybridized carbons (Fsp3) is 0.280. The lowest BCUT2D eigenvalue weighted by Gasteiger charge is -2.23. The van der Waals surface area contributed by atoms with E-state index in [9.17, 15) is 9.59 Å². The number of nitrogens with zero attached hydrogens (tertiary/aromatic N) is 7. The molecule has 2 aromatic carbocycles. The Morgan fingerprint density at radius 2 is 1.92 bits per heavy atom. The number of carbonyl (C=O) groups is 1. The van der Waals surface area contributed by atoms with Crippen molar-refractivity contribution in [3.8, 4) is 5.69 Å². The third-order valence-corrected chi connectivity index (χ3v) is 6.21. The zero-order chi connectivity index (χ0) is 27.1. The second-order valence-electron chi connectivity index (χ2n) is 8.92. The lowest BCUT2D eigenvalue weighted by atomic mass is 10.1.